The van der Waals surface area contributed by atoms with E-state index in [1.807, 2.05) is 12.1 Å². The predicted molar refractivity (Wildman–Crippen MR) is 101 cm³/mol. The first kappa shape index (κ1) is 18.4. The second-order valence-corrected chi connectivity index (χ2v) is 6.60. The molecule has 0 aliphatic heterocycles. The Hall–Kier alpha value is -2.39. The van der Waals surface area contributed by atoms with Gasteiger partial charge in [-0.3, -0.25) is 0 Å². The highest BCUT2D eigenvalue weighted by Crippen LogP contribution is 2.34. The van der Waals surface area contributed by atoms with Crippen molar-refractivity contribution in [2.45, 2.75) is 6.18 Å². The molecule has 26 heavy (non-hydrogen) atoms. The maximum atomic E-state index is 13.0. The van der Waals surface area contributed by atoms with Gasteiger partial charge in [0.15, 0.2) is 5.11 Å². The van der Waals surface area contributed by atoms with E-state index < -0.39 is 17.4 Å². The fourth-order valence-electron chi connectivity index (χ4n) is 2.30. The summed E-state index contributed by atoms with van der Waals surface area (Å²) in [4.78, 5) is 11.4. The van der Waals surface area contributed by atoms with Crippen LogP contribution in [0.2, 0.25) is 0 Å². The lowest BCUT2D eigenvalue weighted by atomic mass is 10.1. The normalized spacial score (nSPS) is 11.4. The molecular formula is C17H10BrF3N2O2S. The van der Waals surface area contributed by atoms with E-state index in [2.05, 4.69) is 26.6 Å². The van der Waals surface area contributed by atoms with Gasteiger partial charge in [0.05, 0.1) is 5.56 Å². The van der Waals surface area contributed by atoms with E-state index in [0.29, 0.717) is 11.8 Å². The first-order valence-electron chi connectivity index (χ1n) is 7.21. The number of fused-ring (bicyclic) bond motifs is 1. The van der Waals surface area contributed by atoms with E-state index in [9.17, 15) is 18.0 Å². The third kappa shape index (κ3) is 4.23. The Balaban J connectivity index is 1.86. The summed E-state index contributed by atoms with van der Waals surface area (Å²) in [6.45, 7) is 0. The van der Waals surface area contributed by atoms with Crippen LogP contribution in [0.4, 0.5) is 24.5 Å². The Bertz CT molecular complexity index is 1030. The molecule has 0 radical (unpaired) electrons. The molecule has 0 spiro atoms. The van der Waals surface area contributed by atoms with E-state index in [1.165, 1.54) is 18.2 Å². The van der Waals surface area contributed by atoms with E-state index in [4.69, 9.17) is 16.6 Å². The zero-order valence-corrected chi connectivity index (χ0v) is 15.3. The molecule has 134 valence electrons. The number of alkyl halides is 3. The molecule has 1 aromatic heterocycles. The molecule has 4 nitrogen and oxygen atoms in total. The number of thiocarbonyl (C=S) groups is 1. The van der Waals surface area contributed by atoms with Crippen LogP contribution in [0.1, 0.15) is 5.56 Å². The molecule has 0 aliphatic carbocycles. The van der Waals surface area contributed by atoms with Crippen molar-refractivity contribution < 1.29 is 17.6 Å². The van der Waals surface area contributed by atoms with Crippen molar-refractivity contribution in [1.82, 2.24) is 0 Å². The Morgan fingerprint density at radius 2 is 1.62 bits per heavy atom. The summed E-state index contributed by atoms with van der Waals surface area (Å²) in [6.07, 6.45) is -4.65. The molecule has 0 amide bonds. The Morgan fingerprint density at radius 3 is 2.27 bits per heavy atom. The number of benzene rings is 2. The van der Waals surface area contributed by atoms with Gasteiger partial charge in [0.1, 0.15) is 5.58 Å². The number of hydrogen-bond donors (Lipinski definition) is 2. The summed E-state index contributed by atoms with van der Waals surface area (Å²) in [6, 6.07) is 11.6. The molecule has 0 atom stereocenters. The molecule has 3 rings (SSSR count). The van der Waals surface area contributed by atoms with Crippen LogP contribution in [0.15, 0.2) is 62.2 Å². The zero-order valence-electron chi connectivity index (χ0n) is 12.9. The van der Waals surface area contributed by atoms with Crippen LogP contribution >= 0.6 is 28.1 Å². The molecule has 2 aromatic carbocycles. The van der Waals surface area contributed by atoms with Crippen molar-refractivity contribution in [2.75, 3.05) is 10.6 Å². The van der Waals surface area contributed by atoms with Crippen molar-refractivity contribution >= 4 is 55.6 Å². The molecule has 0 unspecified atom stereocenters. The van der Waals surface area contributed by atoms with Crippen LogP contribution in [-0.2, 0) is 6.18 Å². The summed E-state index contributed by atoms with van der Waals surface area (Å²) in [5.74, 6) is 0. The van der Waals surface area contributed by atoms with Gasteiger partial charge in [-0.2, -0.15) is 13.2 Å². The van der Waals surface area contributed by atoms with E-state index in [1.54, 1.807) is 12.1 Å². The highest BCUT2D eigenvalue weighted by atomic mass is 79.9. The van der Waals surface area contributed by atoms with Gasteiger partial charge in [-0.25, -0.2) is 4.79 Å². The summed E-state index contributed by atoms with van der Waals surface area (Å²) in [7, 11) is 0. The van der Waals surface area contributed by atoms with Crippen LogP contribution in [0.25, 0.3) is 11.0 Å². The molecule has 1 heterocycles. The lowest BCUT2D eigenvalue weighted by molar-refractivity contribution is -0.136. The fourth-order valence-corrected chi connectivity index (χ4v) is 2.80. The van der Waals surface area contributed by atoms with Crippen molar-refractivity contribution in [2.24, 2.45) is 0 Å². The van der Waals surface area contributed by atoms with Crippen LogP contribution in [0.5, 0.6) is 0 Å². The molecule has 0 saturated heterocycles. The van der Waals surface area contributed by atoms with Crippen molar-refractivity contribution in [1.29, 1.82) is 0 Å². The lowest BCUT2D eigenvalue weighted by Gasteiger charge is -2.12. The second kappa shape index (κ2) is 7.08. The number of halogens is 4. The van der Waals surface area contributed by atoms with Gasteiger partial charge in [0.2, 0.25) is 0 Å². The lowest BCUT2D eigenvalue weighted by Crippen LogP contribution is -2.19. The molecule has 9 heteroatoms. The minimum Gasteiger partial charge on any atom is -0.423 e. The van der Waals surface area contributed by atoms with Crippen molar-refractivity contribution in [3.8, 4) is 0 Å². The molecule has 2 N–H and O–H groups in total. The zero-order chi connectivity index (χ0) is 18.9. The Kier molecular flexibility index (Phi) is 5.01. The quantitative estimate of drug-likeness (QED) is 0.411. The summed E-state index contributed by atoms with van der Waals surface area (Å²) >= 11 is 8.50. The molecule has 0 fully saturated rings. The monoisotopic (exact) mass is 442 g/mol. The predicted octanol–water partition coefficient (Wildman–Crippen LogP) is 5.38. The number of nitrogens with one attached hydrogen (secondary N) is 2. The van der Waals surface area contributed by atoms with Gasteiger partial charge in [-0.15, -0.1) is 0 Å². The van der Waals surface area contributed by atoms with Crippen LogP contribution in [-0.4, -0.2) is 5.11 Å². The second-order valence-electron chi connectivity index (χ2n) is 5.27. The molecular weight excluding hydrogens is 433 g/mol. The largest absolute Gasteiger partial charge is 0.423 e. The summed E-state index contributed by atoms with van der Waals surface area (Å²) < 4.78 is 44.9. The molecule has 0 bridgehead atoms. The number of anilines is 2. The number of hydrogen-bond acceptors (Lipinski definition) is 3. The molecule has 3 aromatic rings. The van der Waals surface area contributed by atoms with Gasteiger partial charge in [-0.05, 0) is 48.6 Å². The average molecular weight is 443 g/mol. The van der Waals surface area contributed by atoms with Gasteiger partial charge in [0, 0.05) is 33.4 Å². The van der Waals surface area contributed by atoms with Crippen LogP contribution in [0.3, 0.4) is 0 Å². The third-order valence-corrected chi connectivity index (χ3v) is 4.14. The molecule has 0 aliphatic rings. The first-order valence-corrected chi connectivity index (χ1v) is 8.41. The van der Waals surface area contributed by atoms with E-state index in [0.717, 1.165) is 10.2 Å². The first-order chi connectivity index (χ1) is 12.2. The average Bonchev–Trinajstić information content (AvgIpc) is 2.55. The SMILES string of the molecule is O=c1cc(C(F)(F)F)c2ccc(NC(=S)Nc3ccc(Br)cc3)cc2o1. The minimum absolute atomic E-state index is 0.179. The summed E-state index contributed by atoms with van der Waals surface area (Å²) in [5.41, 5.74) is -1.17. The maximum Gasteiger partial charge on any atom is 0.417 e. The molecule has 0 saturated carbocycles. The topological polar surface area (TPSA) is 54.3 Å². The van der Waals surface area contributed by atoms with Crippen molar-refractivity contribution in [3.63, 3.8) is 0 Å². The maximum absolute atomic E-state index is 13.0. The van der Waals surface area contributed by atoms with E-state index in [-0.39, 0.29) is 16.1 Å². The van der Waals surface area contributed by atoms with Gasteiger partial charge in [0.25, 0.3) is 0 Å². The van der Waals surface area contributed by atoms with Crippen molar-refractivity contribution in [3.05, 3.63) is 69.0 Å². The standard InChI is InChI=1S/C17H10BrF3N2O2S/c18-9-1-3-10(4-2-9)22-16(26)23-11-5-6-12-13(17(19,20)21)8-15(24)25-14(12)7-11/h1-8H,(H2,22,23,26). The number of rotatable bonds is 2. The Labute approximate surface area is 159 Å². The smallest absolute Gasteiger partial charge is 0.417 e. The fraction of sp³-hybridized carbons (Fsp3) is 0.0588. The summed E-state index contributed by atoms with van der Waals surface area (Å²) in [5, 5.41) is 5.82. The van der Waals surface area contributed by atoms with E-state index >= 15 is 0 Å². The third-order valence-electron chi connectivity index (χ3n) is 3.41. The minimum atomic E-state index is -4.65. The van der Waals surface area contributed by atoms with Crippen LogP contribution in [0, 0.1) is 0 Å². The van der Waals surface area contributed by atoms with Crippen LogP contribution < -0.4 is 16.3 Å². The van der Waals surface area contributed by atoms with Gasteiger partial charge < -0.3 is 15.1 Å². The highest BCUT2D eigenvalue weighted by Gasteiger charge is 2.33. The highest BCUT2D eigenvalue weighted by molar-refractivity contribution is 9.10. The van der Waals surface area contributed by atoms with Gasteiger partial charge >= 0.3 is 11.8 Å². The van der Waals surface area contributed by atoms with Gasteiger partial charge in [-0.1, -0.05) is 15.9 Å². The Morgan fingerprint density at radius 1 is 1.00 bits per heavy atom.